The summed E-state index contributed by atoms with van der Waals surface area (Å²) < 4.78 is 0. The Labute approximate surface area is 176 Å². The van der Waals surface area contributed by atoms with E-state index in [1.54, 1.807) is 0 Å². The number of carbonyl (C=O) groups excluding carboxylic acids is 2. The van der Waals surface area contributed by atoms with Crippen LogP contribution in [-0.2, 0) is 27.2 Å². The number of nitrogens with zero attached hydrogens (tertiary/aromatic N) is 1. The van der Waals surface area contributed by atoms with Crippen molar-refractivity contribution in [1.82, 2.24) is 10.2 Å². The van der Waals surface area contributed by atoms with Gasteiger partial charge in [-0.2, -0.15) is 0 Å². The normalized spacial score (nSPS) is 15.9. The molecule has 0 bridgehead atoms. The first kappa shape index (κ1) is 21.6. The summed E-state index contributed by atoms with van der Waals surface area (Å²) in [5.41, 5.74) is 2.27. The highest BCUT2D eigenvalue weighted by Crippen LogP contribution is 2.19. The zero-order chi connectivity index (χ0) is 21.3. The number of amides is 2. The van der Waals surface area contributed by atoms with Gasteiger partial charge in [0.1, 0.15) is 6.04 Å². The van der Waals surface area contributed by atoms with Crippen LogP contribution in [0.5, 0.6) is 0 Å². The van der Waals surface area contributed by atoms with Crippen LogP contribution in [0.3, 0.4) is 0 Å². The van der Waals surface area contributed by atoms with Gasteiger partial charge in [-0.05, 0) is 36.8 Å². The Balaban J connectivity index is 1.57. The molecule has 1 aliphatic heterocycles. The van der Waals surface area contributed by atoms with Crippen molar-refractivity contribution in [1.29, 1.82) is 0 Å². The van der Waals surface area contributed by atoms with Crippen molar-refractivity contribution in [2.24, 2.45) is 0 Å². The van der Waals surface area contributed by atoms with Crippen LogP contribution >= 0.6 is 0 Å². The molecule has 0 saturated carbocycles. The molecule has 6 heteroatoms. The Morgan fingerprint density at radius 3 is 2.03 bits per heavy atom. The van der Waals surface area contributed by atoms with Gasteiger partial charge in [0, 0.05) is 25.4 Å². The number of benzene rings is 2. The van der Waals surface area contributed by atoms with Crippen LogP contribution in [0.25, 0.3) is 0 Å². The first-order valence-electron chi connectivity index (χ1n) is 10.4. The molecule has 1 fully saturated rings. The molecule has 3 rings (SSSR count). The molecule has 2 N–H and O–H groups in total. The summed E-state index contributed by atoms with van der Waals surface area (Å²) in [5, 5.41) is 12.3. The van der Waals surface area contributed by atoms with Crippen molar-refractivity contribution < 1.29 is 19.5 Å². The van der Waals surface area contributed by atoms with Crippen LogP contribution in [0.4, 0.5) is 0 Å². The lowest BCUT2D eigenvalue weighted by Crippen LogP contribution is -2.42. The van der Waals surface area contributed by atoms with Gasteiger partial charge in [-0.25, -0.2) is 4.79 Å². The summed E-state index contributed by atoms with van der Waals surface area (Å²) in [6, 6.07) is 19.1. The van der Waals surface area contributed by atoms with Gasteiger partial charge in [0.25, 0.3) is 0 Å². The topological polar surface area (TPSA) is 86.7 Å². The number of likely N-dealkylation sites (tertiary alicyclic amines) is 1. The average Bonchev–Trinajstić information content (AvgIpc) is 3.24. The maximum atomic E-state index is 12.6. The minimum Gasteiger partial charge on any atom is -0.480 e. The number of hydrogen-bond donors (Lipinski definition) is 2. The molecule has 2 aromatic carbocycles. The molecular weight excluding hydrogens is 380 g/mol. The van der Waals surface area contributed by atoms with Crippen molar-refractivity contribution in [3.8, 4) is 0 Å². The van der Waals surface area contributed by atoms with E-state index in [-0.39, 0.29) is 30.7 Å². The monoisotopic (exact) mass is 408 g/mol. The van der Waals surface area contributed by atoms with E-state index in [0.717, 1.165) is 11.1 Å². The van der Waals surface area contributed by atoms with Crippen LogP contribution in [0, 0.1) is 0 Å². The van der Waals surface area contributed by atoms with Crippen LogP contribution < -0.4 is 5.32 Å². The van der Waals surface area contributed by atoms with Crippen LogP contribution in [0.2, 0.25) is 0 Å². The minimum atomic E-state index is -0.976. The number of carboxylic acid groups (broad SMARTS) is 1. The molecule has 0 aromatic heterocycles. The second-order valence-electron chi connectivity index (χ2n) is 7.73. The van der Waals surface area contributed by atoms with E-state index in [0.29, 0.717) is 32.2 Å². The van der Waals surface area contributed by atoms with Gasteiger partial charge >= 0.3 is 5.97 Å². The van der Waals surface area contributed by atoms with Crippen LogP contribution in [-0.4, -0.2) is 46.4 Å². The van der Waals surface area contributed by atoms with Gasteiger partial charge < -0.3 is 15.3 Å². The Kier molecular flexibility index (Phi) is 7.60. The molecule has 0 unspecified atom stereocenters. The van der Waals surface area contributed by atoms with Gasteiger partial charge in [-0.15, -0.1) is 0 Å². The van der Waals surface area contributed by atoms with E-state index >= 15 is 0 Å². The molecule has 158 valence electrons. The Morgan fingerprint density at radius 1 is 0.933 bits per heavy atom. The summed E-state index contributed by atoms with van der Waals surface area (Å²) in [5.74, 6) is -1.43. The molecule has 30 heavy (non-hydrogen) atoms. The third-order valence-electron chi connectivity index (χ3n) is 5.44. The predicted molar refractivity (Wildman–Crippen MR) is 114 cm³/mol. The minimum absolute atomic E-state index is 0.0268. The number of rotatable bonds is 9. The van der Waals surface area contributed by atoms with E-state index in [4.69, 9.17) is 0 Å². The average molecular weight is 408 g/mol. The fourth-order valence-electron chi connectivity index (χ4n) is 3.96. The zero-order valence-corrected chi connectivity index (χ0v) is 17.0. The number of aliphatic carboxylic acids is 1. The second-order valence-corrected chi connectivity index (χ2v) is 7.73. The summed E-state index contributed by atoms with van der Waals surface area (Å²) in [6.07, 6.45) is 2.64. The smallest absolute Gasteiger partial charge is 0.326 e. The van der Waals surface area contributed by atoms with Crippen LogP contribution in [0.1, 0.15) is 36.8 Å². The van der Waals surface area contributed by atoms with Crippen molar-refractivity contribution in [3.05, 3.63) is 71.8 Å². The zero-order valence-electron chi connectivity index (χ0n) is 17.0. The van der Waals surface area contributed by atoms with E-state index in [1.807, 2.05) is 60.7 Å². The molecule has 1 aliphatic rings. The summed E-state index contributed by atoms with van der Waals surface area (Å²) in [6.45, 7) is 0.446. The third kappa shape index (κ3) is 6.17. The van der Waals surface area contributed by atoms with Crippen molar-refractivity contribution in [3.63, 3.8) is 0 Å². The molecule has 1 heterocycles. The van der Waals surface area contributed by atoms with Crippen LogP contribution in [0.15, 0.2) is 60.7 Å². The molecule has 6 nitrogen and oxygen atoms in total. The number of nitrogens with one attached hydrogen (secondary N) is 1. The first-order chi connectivity index (χ1) is 14.5. The van der Waals surface area contributed by atoms with Crippen molar-refractivity contribution in [2.75, 3.05) is 6.54 Å². The lowest BCUT2D eigenvalue weighted by Gasteiger charge is -2.22. The molecule has 0 aliphatic carbocycles. The summed E-state index contributed by atoms with van der Waals surface area (Å²) in [7, 11) is 0. The maximum absolute atomic E-state index is 12.6. The molecule has 0 spiro atoms. The summed E-state index contributed by atoms with van der Waals surface area (Å²) in [4.78, 5) is 37.6. The Bertz CT molecular complexity index is 813. The van der Waals surface area contributed by atoms with Crippen molar-refractivity contribution in [2.45, 2.75) is 50.6 Å². The number of carbonyl (C=O) groups is 3. The highest BCUT2D eigenvalue weighted by atomic mass is 16.4. The molecule has 2 amide bonds. The number of carboxylic acids is 1. The largest absolute Gasteiger partial charge is 0.480 e. The third-order valence-corrected chi connectivity index (χ3v) is 5.44. The van der Waals surface area contributed by atoms with Gasteiger partial charge in [0.2, 0.25) is 11.8 Å². The van der Waals surface area contributed by atoms with Gasteiger partial charge in [0.05, 0.1) is 0 Å². The van der Waals surface area contributed by atoms with E-state index in [2.05, 4.69) is 5.32 Å². The van der Waals surface area contributed by atoms with E-state index in [9.17, 15) is 19.5 Å². The molecule has 0 radical (unpaired) electrons. The lowest BCUT2D eigenvalue weighted by molar-refractivity contribution is -0.148. The SMILES string of the molecule is O=C(CCC(=O)N1CCC[C@H]1C(=O)O)NC(Cc1ccccc1)Cc1ccccc1. The maximum Gasteiger partial charge on any atom is 0.326 e. The van der Waals surface area contributed by atoms with Gasteiger partial charge in [-0.3, -0.25) is 9.59 Å². The lowest BCUT2D eigenvalue weighted by atomic mass is 9.98. The van der Waals surface area contributed by atoms with E-state index in [1.165, 1.54) is 4.90 Å². The molecule has 1 atom stereocenters. The first-order valence-corrected chi connectivity index (χ1v) is 10.4. The number of hydrogen-bond acceptors (Lipinski definition) is 3. The van der Waals surface area contributed by atoms with Gasteiger partial charge in [-0.1, -0.05) is 60.7 Å². The van der Waals surface area contributed by atoms with Gasteiger partial charge in [0.15, 0.2) is 0 Å². The predicted octanol–water partition coefficient (Wildman–Crippen LogP) is 2.81. The Hall–Kier alpha value is -3.15. The quantitative estimate of drug-likeness (QED) is 0.668. The van der Waals surface area contributed by atoms with Crippen molar-refractivity contribution >= 4 is 17.8 Å². The fraction of sp³-hybridized carbons (Fsp3) is 0.375. The highest BCUT2D eigenvalue weighted by molar-refractivity contribution is 5.87. The highest BCUT2D eigenvalue weighted by Gasteiger charge is 2.33. The molecule has 2 aromatic rings. The van der Waals surface area contributed by atoms with E-state index < -0.39 is 12.0 Å². The summed E-state index contributed by atoms with van der Waals surface area (Å²) >= 11 is 0. The fourth-order valence-corrected chi connectivity index (χ4v) is 3.96. The second kappa shape index (κ2) is 10.6. The standard InChI is InChI=1S/C24H28N2O4/c27-22(13-14-23(28)26-15-7-12-21(26)24(29)30)25-20(16-18-8-3-1-4-9-18)17-19-10-5-2-6-11-19/h1-6,8-11,20-21H,7,12-17H2,(H,25,27)(H,29,30)/t21-/m0/s1. The Morgan fingerprint density at radius 2 is 1.50 bits per heavy atom. The molecule has 1 saturated heterocycles. The molecular formula is C24H28N2O4.